The first-order chi connectivity index (χ1) is 8.36. The third kappa shape index (κ3) is 1.72. The Morgan fingerprint density at radius 3 is 2.65 bits per heavy atom. The van der Waals surface area contributed by atoms with Gasteiger partial charge in [-0.1, -0.05) is 18.2 Å². The van der Waals surface area contributed by atoms with E-state index < -0.39 is 0 Å². The minimum atomic E-state index is 0.676. The van der Waals surface area contributed by atoms with Gasteiger partial charge < -0.3 is 5.73 Å². The highest BCUT2D eigenvalue weighted by Crippen LogP contribution is 2.28. The number of hydrogen-bond acceptors (Lipinski definition) is 3. The summed E-state index contributed by atoms with van der Waals surface area (Å²) >= 11 is 1.66. The number of benzene rings is 1. The van der Waals surface area contributed by atoms with Crippen LogP contribution in [0, 0.1) is 0 Å². The predicted octanol–water partition coefficient (Wildman–Crippen LogP) is 3.18. The maximum Gasteiger partial charge on any atom is 0.135 e. The zero-order chi connectivity index (χ0) is 11.7. The Hall–Kier alpha value is -2.07. The summed E-state index contributed by atoms with van der Waals surface area (Å²) in [5.41, 5.74) is 9.21. The molecule has 2 heterocycles. The number of rotatable bonds is 2. The molecule has 0 atom stereocenters. The highest BCUT2D eigenvalue weighted by Gasteiger charge is 2.10. The molecule has 84 valence electrons. The molecule has 0 fully saturated rings. The van der Waals surface area contributed by atoms with Gasteiger partial charge in [-0.25, -0.2) is 4.68 Å². The van der Waals surface area contributed by atoms with Gasteiger partial charge in [0, 0.05) is 5.56 Å². The molecule has 17 heavy (non-hydrogen) atoms. The number of hydrogen-bond donors (Lipinski definition) is 1. The lowest BCUT2D eigenvalue weighted by molar-refractivity contribution is 0.891. The summed E-state index contributed by atoms with van der Waals surface area (Å²) in [6, 6.07) is 11.9. The van der Waals surface area contributed by atoms with E-state index in [9.17, 15) is 0 Å². The fourth-order valence-electron chi connectivity index (χ4n) is 1.77. The van der Waals surface area contributed by atoms with Crippen LogP contribution in [0.2, 0.25) is 0 Å². The molecule has 3 aromatic rings. The maximum absolute atomic E-state index is 6.13. The van der Waals surface area contributed by atoms with Gasteiger partial charge in [0.1, 0.15) is 5.82 Å². The van der Waals surface area contributed by atoms with Crippen LogP contribution >= 0.6 is 11.3 Å². The Balaban J connectivity index is 2.10. The third-order valence-corrected chi connectivity index (χ3v) is 3.32. The fraction of sp³-hybridized carbons (Fsp3) is 0. The first-order valence-electron chi connectivity index (χ1n) is 5.28. The quantitative estimate of drug-likeness (QED) is 0.748. The Morgan fingerprint density at radius 2 is 1.94 bits per heavy atom. The first kappa shape index (κ1) is 10.1. The van der Waals surface area contributed by atoms with Gasteiger partial charge in [-0.05, 0) is 34.5 Å². The summed E-state index contributed by atoms with van der Waals surface area (Å²) < 4.78 is 1.76. The third-order valence-electron chi connectivity index (χ3n) is 2.64. The monoisotopic (exact) mass is 241 g/mol. The molecule has 0 radical (unpaired) electrons. The predicted molar refractivity (Wildman–Crippen MR) is 71.3 cm³/mol. The molecule has 0 aliphatic heterocycles. The number of aromatic nitrogens is 2. The van der Waals surface area contributed by atoms with Crippen molar-refractivity contribution in [2.45, 2.75) is 0 Å². The second-order valence-corrected chi connectivity index (χ2v) is 4.48. The SMILES string of the molecule is Nc1c(-c2ccsc2)cnn1-c1ccccc1. The van der Waals surface area contributed by atoms with E-state index >= 15 is 0 Å². The molecule has 4 heteroatoms. The van der Waals surface area contributed by atoms with Gasteiger partial charge in [0.15, 0.2) is 0 Å². The van der Waals surface area contributed by atoms with Crippen molar-refractivity contribution in [3.05, 3.63) is 53.4 Å². The molecule has 0 saturated carbocycles. The Labute approximate surface area is 103 Å². The summed E-state index contributed by atoms with van der Waals surface area (Å²) in [5, 5.41) is 8.45. The summed E-state index contributed by atoms with van der Waals surface area (Å²) in [4.78, 5) is 0. The molecular formula is C13H11N3S. The van der Waals surface area contributed by atoms with Crippen molar-refractivity contribution in [2.75, 3.05) is 5.73 Å². The maximum atomic E-state index is 6.13. The second kappa shape index (κ2) is 4.07. The number of para-hydroxylation sites is 1. The highest BCUT2D eigenvalue weighted by atomic mass is 32.1. The van der Waals surface area contributed by atoms with Crippen molar-refractivity contribution in [3.8, 4) is 16.8 Å². The van der Waals surface area contributed by atoms with Gasteiger partial charge >= 0.3 is 0 Å². The van der Waals surface area contributed by atoms with E-state index in [0.717, 1.165) is 16.8 Å². The van der Waals surface area contributed by atoms with E-state index in [-0.39, 0.29) is 0 Å². The van der Waals surface area contributed by atoms with Gasteiger partial charge in [0.25, 0.3) is 0 Å². The van der Waals surface area contributed by atoms with Crippen LogP contribution in [0.15, 0.2) is 53.4 Å². The molecule has 0 unspecified atom stereocenters. The lowest BCUT2D eigenvalue weighted by atomic mass is 10.2. The summed E-state index contributed by atoms with van der Waals surface area (Å²) in [6.07, 6.45) is 1.81. The number of anilines is 1. The normalized spacial score (nSPS) is 10.6. The van der Waals surface area contributed by atoms with Crippen LogP contribution in [0.3, 0.4) is 0 Å². The van der Waals surface area contributed by atoms with Crippen molar-refractivity contribution >= 4 is 17.2 Å². The highest BCUT2D eigenvalue weighted by molar-refractivity contribution is 7.08. The summed E-state index contributed by atoms with van der Waals surface area (Å²) in [6.45, 7) is 0. The average molecular weight is 241 g/mol. The van der Waals surface area contributed by atoms with E-state index in [1.807, 2.05) is 48.0 Å². The lowest BCUT2D eigenvalue weighted by Crippen LogP contribution is -2.01. The van der Waals surface area contributed by atoms with E-state index in [0.29, 0.717) is 5.82 Å². The standard InChI is InChI=1S/C13H11N3S/c14-13-12(10-6-7-17-9-10)8-15-16(13)11-4-2-1-3-5-11/h1-9H,14H2. The van der Waals surface area contributed by atoms with Crippen LogP contribution in [0.4, 0.5) is 5.82 Å². The molecule has 0 amide bonds. The van der Waals surface area contributed by atoms with Crippen molar-refractivity contribution < 1.29 is 0 Å². The molecule has 0 saturated heterocycles. The summed E-state index contributed by atoms with van der Waals surface area (Å²) in [7, 11) is 0. The molecule has 1 aromatic carbocycles. The van der Waals surface area contributed by atoms with Crippen molar-refractivity contribution in [1.82, 2.24) is 9.78 Å². The zero-order valence-corrected chi connectivity index (χ0v) is 9.89. The average Bonchev–Trinajstić information content (AvgIpc) is 2.99. The van der Waals surface area contributed by atoms with E-state index in [2.05, 4.69) is 10.5 Å². The molecule has 3 rings (SSSR count). The minimum Gasteiger partial charge on any atom is -0.383 e. The second-order valence-electron chi connectivity index (χ2n) is 3.70. The van der Waals surface area contributed by atoms with Gasteiger partial charge in [0.05, 0.1) is 11.9 Å². The molecule has 2 N–H and O–H groups in total. The summed E-state index contributed by atoms with van der Waals surface area (Å²) in [5.74, 6) is 0.676. The zero-order valence-electron chi connectivity index (χ0n) is 9.08. The number of nitrogen functional groups attached to an aromatic ring is 1. The van der Waals surface area contributed by atoms with Crippen LogP contribution in [0.1, 0.15) is 0 Å². The van der Waals surface area contributed by atoms with Gasteiger partial charge in [0.2, 0.25) is 0 Å². The molecule has 0 bridgehead atoms. The topological polar surface area (TPSA) is 43.8 Å². The lowest BCUT2D eigenvalue weighted by Gasteiger charge is -2.04. The largest absolute Gasteiger partial charge is 0.383 e. The van der Waals surface area contributed by atoms with Crippen LogP contribution in [0.5, 0.6) is 0 Å². The first-order valence-corrected chi connectivity index (χ1v) is 6.22. The molecule has 0 aliphatic carbocycles. The van der Waals surface area contributed by atoms with Crippen LogP contribution < -0.4 is 5.73 Å². The van der Waals surface area contributed by atoms with Crippen LogP contribution in [-0.2, 0) is 0 Å². The fourth-order valence-corrected chi connectivity index (χ4v) is 2.43. The Kier molecular flexibility index (Phi) is 2.42. The smallest absolute Gasteiger partial charge is 0.135 e. The molecule has 0 spiro atoms. The van der Waals surface area contributed by atoms with E-state index in [1.54, 1.807) is 16.0 Å². The van der Waals surface area contributed by atoms with E-state index in [1.165, 1.54) is 0 Å². The van der Waals surface area contributed by atoms with Crippen molar-refractivity contribution in [3.63, 3.8) is 0 Å². The molecule has 2 aromatic heterocycles. The Bertz CT molecular complexity index is 611. The van der Waals surface area contributed by atoms with Gasteiger partial charge in [-0.2, -0.15) is 16.4 Å². The number of thiophene rings is 1. The van der Waals surface area contributed by atoms with Crippen molar-refractivity contribution in [2.24, 2.45) is 0 Å². The molecule has 3 nitrogen and oxygen atoms in total. The van der Waals surface area contributed by atoms with Crippen LogP contribution in [0.25, 0.3) is 16.8 Å². The Morgan fingerprint density at radius 1 is 1.12 bits per heavy atom. The minimum absolute atomic E-state index is 0.676. The number of nitrogens with two attached hydrogens (primary N) is 1. The van der Waals surface area contributed by atoms with E-state index in [4.69, 9.17) is 5.73 Å². The molecular weight excluding hydrogens is 230 g/mol. The van der Waals surface area contributed by atoms with Gasteiger partial charge in [-0.15, -0.1) is 0 Å². The number of nitrogens with zero attached hydrogens (tertiary/aromatic N) is 2. The molecule has 0 aliphatic rings. The van der Waals surface area contributed by atoms with Crippen molar-refractivity contribution in [1.29, 1.82) is 0 Å². The van der Waals surface area contributed by atoms with Crippen LogP contribution in [-0.4, -0.2) is 9.78 Å². The van der Waals surface area contributed by atoms with Gasteiger partial charge in [-0.3, -0.25) is 0 Å².